The van der Waals surface area contributed by atoms with Gasteiger partial charge in [-0.05, 0) is 23.8 Å². The number of thiophene rings is 1. The van der Waals surface area contributed by atoms with Gasteiger partial charge in [0.05, 0.1) is 12.1 Å². The molecule has 0 spiro atoms. The van der Waals surface area contributed by atoms with Crippen LogP contribution in [0, 0.1) is 5.92 Å². The van der Waals surface area contributed by atoms with Crippen molar-refractivity contribution < 1.29 is 0 Å². The average molecular weight is 268 g/mol. The largest absolute Gasteiger partial charge is 0.357 e. The van der Waals surface area contributed by atoms with Gasteiger partial charge >= 0.3 is 0 Å². The van der Waals surface area contributed by atoms with E-state index in [9.17, 15) is 0 Å². The van der Waals surface area contributed by atoms with Gasteiger partial charge in [-0.2, -0.15) is 0 Å². The van der Waals surface area contributed by atoms with Crippen LogP contribution in [0.3, 0.4) is 0 Å². The second-order valence-electron chi connectivity index (χ2n) is 4.68. The highest BCUT2D eigenvalue weighted by atomic mass is 32.2. The van der Waals surface area contributed by atoms with Gasteiger partial charge < -0.3 is 5.32 Å². The van der Waals surface area contributed by atoms with Crippen molar-refractivity contribution in [1.82, 2.24) is 5.32 Å². The van der Waals surface area contributed by atoms with Crippen LogP contribution in [0.5, 0.6) is 0 Å². The highest BCUT2D eigenvalue weighted by Gasteiger charge is 2.23. The maximum atomic E-state index is 4.76. The molecule has 0 aromatic carbocycles. The summed E-state index contributed by atoms with van der Waals surface area (Å²) < 4.78 is 0. The molecule has 17 heavy (non-hydrogen) atoms. The van der Waals surface area contributed by atoms with Gasteiger partial charge in [0.15, 0.2) is 5.17 Å². The van der Waals surface area contributed by atoms with Crippen LogP contribution in [-0.4, -0.2) is 17.0 Å². The number of nitrogens with one attached hydrogen (secondary N) is 1. The summed E-state index contributed by atoms with van der Waals surface area (Å²) in [5.41, 5.74) is 0. The van der Waals surface area contributed by atoms with Gasteiger partial charge in [-0.1, -0.05) is 38.6 Å². The zero-order valence-electron chi connectivity index (χ0n) is 10.6. The van der Waals surface area contributed by atoms with Crippen molar-refractivity contribution in [3.8, 4) is 0 Å². The summed E-state index contributed by atoms with van der Waals surface area (Å²) in [6.07, 6.45) is 1.10. The fourth-order valence-electron chi connectivity index (χ4n) is 1.82. The zero-order valence-corrected chi connectivity index (χ0v) is 12.3. The van der Waals surface area contributed by atoms with Crippen LogP contribution >= 0.6 is 23.1 Å². The van der Waals surface area contributed by atoms with E-state index in [2.05, 4.69) is 43.6 Å². The average Bonchev–Trinajstić information content (AvgIpc) is 2.96. The van der Waals surface area contributed by atoms with Gasteiger partial charge in [0, 0.05) is 10.6 Å². The van der Waals surface area contributed by atoms with E-state index in [-0.39, 0.29) is 0 Å². The normalized spacial score (nSPS) is 21.6. The molecular weight excluding hydrogens is 248 g/mol. The van der Waals surface area contributed by atoms with Crippen molar-refractivity contribution in [2.75, 3.05) is 5.75 Å². The second kappa shape index (κ2) is 5.91. The number of hydrogen-bond acceptors (Lipinski definition) is 4. The Labute approximate surface area is 112 Å². The predicted molar refractivity (Wildman–Crippen MR) is 79.0 cm³/mol. The third kappa shape index (κ3) is 3.26. The van der Waals surface area contributed by atoms with Crippen LogP contribution in [-0.2, 0) is 0 Å². The van der Waals surface area contributed by atoms with Crippen LogP contribution < -0.4 is 5.32 Å². The minimum Gasteiger partial charge on any atom is -0.357 e. The SMILES string of the molecule is CCC(NC1=NC(C(C)C)CS1)c1cccs1. The maximum Gasteiger partial charge on any atom is 0.157 e. The van der Waals surface area contributed by atoms with E-state index in [1.807, 2.05) is 23.1 Å². The van der Waals surface area contributed by atoms with E-state index in [1.54, 1.807) is 0 Å². The van der Waals surface area contributed by atoms with Gasteiger partial charge in [-0.15, -0.1) is 11.3 Å². The first-order valence-electron chi connectivity index (χ1n) is 6.21. The summed E-state index contributed by atoms with van der Waals surface area (Å²) in [5, 5.41) is 6.84. The van der Waals surface area contributed by atoms with Gasteiger partial charge in [0.1, 0.15) is 0 Å². The second-order valence-corrected chi connectivity index (χ2v) is 6.67. The van der Waals surface area contributed by atoms with Crippen LogP contribution in [0.25, 0.3) is 0 Å². The highest BCUT2D eigenvalue weighted by molar-refractivity contribution is 8.14. The molecule has 0 saturated heterocycles. The molecule has 1 aliphatic heterocycles. The highest BCUT2D eigenvalue weighted by Crippen LogP contribution is 2.26. The molecule has 1 aliphatic rings. The van der Waals surface area contributed by atoms with Crippen LogP contribution in [0.15, 0.2) is 22.5 Å². The Balaban J connectivity index is 1.98. The van der Waals surface area contributed by atoms with Crippen molar-refractivity contribution in [2.45, 2.75) is 39.3 Å². The lowest BCUT2D eigenvalue weighted by Gasteiger charge is -2.15. The lowest BCUT2D eigenvalue weighted by atomic mass is 10.1. The molecule has 2 nitrogen and oxygen atoms in total. The van der Waals surface area contributed by atoms with E-state index < -0.39 is 0 Å². The quantitative estimate of drug-likeness (QED) is 0.895. The van der Waals surface area contributed by atoms with E-state index in [0.717, 1.165) is 17.3 Å². The van der Waals surface area contributed by atoms with Crippen LogP contribution in [0.1, 0.15) is 38.1 Å². The van der Waals surface area contributed by atoms with Crippen molar-refractivity contribution in [1.29, 1.82) is 0 Å². The topological polar surface area (TPSA) is 24.4 Å². The molecule has 1 aromatic rings. The molecule has 0 saturated carbocycles. The molecule has 1 aromatic heterocycles. The third-order valence-corrected chi connectivity index (χ3v) is 5.03. The van der Waals surface area contributed by atoms with E-state index in [4.69, 9.17) is 4.99 Å². The molecule has 4 heteroatoms. The van der Waals surface area contributed by atoms with E-state index in [0.29, 0.717) is 18.0 Å². The molecule has 2 unspecified atom stereocenters. The molecule has 2 rings (SSSR count). The van der Waals surface area contributed by atoms with E-state index in [1.165, 1.54) is 4.88 Å². The first-order chi connectivity index (χ1) is 8.20. The first-order valence-corrected chi connectivity index (χ1v) is 8.07. The number of aliphatic imine (C=N–C) groups is 1. The number of hydrogen-bond donors (Lipinski definition) is 1. The summed E-state index contributed by atoms with van der Waals surface area (Å²) in [6.45, 7) is 6.71. The zero-order chi connectivity index (χ0) is 12.3. The molecule has 1 N–H and O–H groups in total. The fourth-order valence-corrected chi connectivity index (χ4v) is 3.91. The summed E-state index contributed by atoms with van der Waals surface area (Å²) >= 11 is 3.68. The minimum absolute atomic E-state index is 0.423. The van der Waals surface area contributed by atoms with Gasteiger partial charge in [-0.25, -0.2) is 0 Å². The van der Waals surface area contributed by atoms with Crippen molar-refractivity contribution in [3.05, 3.63) is 22.4 Å². The Hall–Kier alpha value is -0.480. The summed E-state index contributed by atoms with van der Waals surface area (Å²) in [7, 11) is 0. The number of thioether (sulfide) groups is 1. The van der Waals surface area contributed by atoms with Crippen molar-refractivity contribution in [2.24, 2.45) is 10.9 Å². The summed E-state index contributed by atoms with van der Waals surface area (Å²) in [6, 6.07) is 5.23. The minimum atomic E-state index is 0.423. The molecule has 94 valence electrons. The standard InChI is InChI=1S/C13H20N2S2/c1-4-10(12-6-5-7-16-12)14-13-15-11(8-17-13)9(2)3/h5-7,9-11H,4,8H2,1-3H3,(H,14,15). The van der Waals surface area contributed by atoms with E-state index >= 15 is 0 Å². The Morgan fingerprint density at radius 2 is 2.35 bits per heavy atom. The van der Waals surface area contributed by atoms with Crippen molar-refractivity contribution >= 4 is 28.3 Å². The monoisotopic (exact) mass is 268 g/mol. The van der Waals surface area contributed by atoms with Crippen LogP contribution in [0.4, 0.5) is 0 Å². The summed E-state index contributed by atoms with van der Waals surface area (Å²) in [4.78, 5) is 6.16. The van der Waals surface area contributed by atoms with Crippen LogP contribution in [0.2, 0.25) is 0 Å². The lowest BCUT2D eigenvalue weighted by molar-refractivity contribution is 0.540. The Bertz CT molecular complexity index is 371. The number of amidine groups is 1. The molecule has 0 radical (unpaired) electrons. The number of nitrogens with zero attached hydrogens (tertiary/aromatic N) is 1. The Morgan fingerprint density at radius 3 is 2.88 bits per heavy atom. The fraction of sp³-hybridized carbons (Fsp3) is 0.615. The molecule has 2 heterocycles. The lowest BCUT2D eigenvalue weighted by Crippen LogP contribution is -2.24. The van der Waals surface area contributed by atoms with Gasteiger partial charge in [0.25, 0.3) is 0 Å². The first kappa shape index (κ1) is 13.0. The van der Waals surface area contributed by atoms with Gasteiger partial charge in [0.2, 0.25) is 0 Å². The smallest absolute Gasteiger partial charge is 0.157 e. The van der Waals surface area contributed by atoms with Gasteiger partial charge in [-0.3, -0.25) is 4.99 Å². The molecule has 0 fully saturated rings. The molecule has 0 amide bonds. The predicted octanol–water partition coefficient (Wildman–Crippen LogP) is 3.92. The maximum absolute atomic E-state index is 4.76. The molecule has 0 bridgehead atoms. The molecule has 0 aliphatic carbocycles. The Kier molecular flexibility index (Phi) is 4.51. The van der Waals surface area contributed by atoms with Crippen molar-refractivity contribution in [3.63, 3.8) is 0 Å². The summed E-state index contributed by atoms with van der Waals surface area (Å²) in [5.74, 6) is 1.77. The molecule has 2 atom stereocenters. The molecular formula is C13H20N2S2. The third-order valence-electron chi connectivity index (χ3n) is 3.04. The Morgan fingerprint density at radius 1 is 1.53 bits per heavy atom. The number of rotatable bonds is 4.